The van der Waals surface area contributed by atoms with Crippen molar-refractivity contribution < 1.29 is 14.7 Å². The second kappa shape index (κ2) is 9.89. The summed E-state index contributed by atoms with van der Waals surface area (Å²) in [5, 5.41) is 25.5. The molecule has 5 rings (SSSR count). The Hall–Kier alpha value is -3.86. The maximum Gasteiger partial charge on any atom is 0.276 e. The number of ketones is 1. The van der Waals surface area contributed by atoms with Crippen molar-refractivity contribution in [2.45, 2.75) is 52.5 Å². The van der Waals surface area contributed by atoms with E-state index in [1.807, 2.05) is 19.9 Å². The number of carbonyl (C=O) groups excluding carboxylic acids is 2. The smallest absolute Gasteiger partial charge is 0.276 e. The Labute approximate surface area is 218 Å². The first-order valence-electron chi connectivity index (χ1n) is 12.3. The highest BCUT2D eigenvalue weighted by Gasteiger charge is 2.31. The predicted octanol–water partition coefficient (Wildman–Crippen LogP) is 3.74. The van der Waals surface area contributed by atoms with E-state index in [1.54, 1.807) is 23.1 Å². The summed E-state index contributed by atoms with van der Waals surface area (Å²) < 4.78 is 4.01. The van der Waals surface area contributed by atoms with Gasteiger partial charge in [-0.25, -0.2) is 4.98 Å². The molecule has 11 heteroatoms. The highest BCUT2D eigenvalue weighted by Crippen LogP contribution is 2.35. The lowest BCUT2D eigenvalue weighted by Gasteiger charge is -2.18. The molecule has 0 bridgehead atoms. The van der Waals surface area contributed by atoms with Crippen LogP contribution in [-0.2, 0) is 17.6 Å². The van der Waals surface area contributed by atoms with E-state index >= 15 is 0 Å². The fraction of sp³-hybridized carbons (Fsp3) is 0.385. The summed E-state index contributed by atoms with van der Waals surface area (Å²) in [5.74, 6) is 0.590. The van der Waals surface area contributed by atoms with Gasteiger partial charge < -0.3 is 20.6 Å². The number of rotatable bonds is 8. The van der Waals surface area contributed by atoms with Crippen LogP contribution in [0.1, 0.15) is 59.7 Å². The number of amidine groups is 1. The average Bonchev–Trinajstić information content (AvgIpc) is 3.52. The molecule has 3 aromatic rings. The number of Topliss-reactive ketones (excluding diaryl/α,β-unsaturated/α-hetero) is 1. The molecule has 1 fully saturated rings. The molecule has 4 N–H and O–H groups in total. The third-order valence-electron chi connectivity index (χ3n) is 6.75. The van der Waals surface area contributed by atoms with E-state index in [9.17, 15) is 14.7 Å². The zero-order valence-electron chi connectivity index (χ0n) is 21.0. The van der Waals surface area contributed by atoms with Crippen molar-refractivity contribution in [3.8, 4) is 5.88 Å². The summed E-state index contributed by atoms with van der Waals surface area (Å²) in [6.45, 7) is 5.96. The van der Waals surface area contributed by atoms with Crippen molar-refractivity contribution in [1.82, 2.24) is 19.7 Å². The van der Waals surface area contributed by atoms with Gasteiger partial charge in [0.1, 0.15) is 33.7 Å². The van der Waals surface area contributed by atoms with E-state index in [1.165, 1.54) is 6.92 Å². The standard InChI is InChI=1S/C26H29N7O3S/c1-13(34)11-17-12-20-18(15(3)28-17)9-10-33(20)26(36)19-5-4-6-21(30-19)31-25-22(24(35)32-37-25)23(27)29-14(2)16-7-8-16/h4-6,12,14,16H,7-11H2,1-3H3,(H2,27,29)(H,30,31)(H,32,35). The van der Waals surface area contributed by atoms with E-state index in [4.69, 9.17) is 5.41 Å². The lowest BCUT2D eigenvalue weighted by atomic mass is 10.1. The Balaban J connectivity index is 1.36. The molecule has 10 nitrogen and oxygen atoms in total. The molecule has 1 aliphatic heterocycles. The number of aryl methyl sites for hydroxylation is 1. The fourth-order valence-corrected chi connectivity index (χ4v) is 5.38. The van der Waals surface area contributed by atoms with Crippen molar-refractivity contribution in [1.29, 1.82) is 5.41 Å². The summed E-state index contributed by atoms with van der Waals surface area (Å²) in [6, 6.07) is 7.07. The third-order valence-corrected chi connectivity index (χ3v) is 7.50. The SMILES string of the molecule is CC(=O)Cc1cc2c(c(C)n1)CCN2C(=O)c1cccc(Nc2snc(O)c2C(=N)NC(C)C2CC2)n1. The van der Waals surface area contributed by atoms with Crippen LogP contribution in [0, 0.1) is 18.3 Å². The van der Waals surface area contributed by atoms with Gasteiger partial charge in [0, 0.05) is 24.7 Å². The molecule has 37 heavy (non-hydrogen) atoms. The van der Waals surface area contributed by atoms with Crippen molar-refractivity contribution in [3.63, 3.8) is 0 Å². The number of carbonyl (C=O) groups is 2. The molecular formula is C26H29N7O3S. The van der Waals surface area contributed by atoms with Crippen molar-refractivity contribution in [3.05, 3.63) is 52.5 Å². The Morgan fingerprint density at radius 2 is 2.08 bits per heavy atom. The molecule has 1 saturated carbocycles. The molecule has 0 aromatic carbocycles. The first-order valence-corrected chi connectivity index (χ1v) is 13.1. The maximum absolute atomic E-state index is 13.5. The number of aromatic hydroxyl groups is 1. The van der Waals surface area contributed by atoms with Crippen molar-refractivity contribution in [2.24, 2.45) is 5.92 Å². The van der Waals surface area contributed by atoms with Crippen LogP contribution in [0.3, 0.4) is 0 Å². The highest BCUT2D eigenvalue weighted by atomic mass is 32.1. The quantitative estimate of drug-likeness (QED) is 0.260. The molecule has 0 spiro atoms. The van der Waals surface area contributed by atoms with Crippen LogP contribution in [0.4, 0.5) is 16.5 Å². The van der Waals surface area contributed by atoms with Gasteiger partial charge in [0.2, 0.25) is 5.88 Å². The molecule has 2 aliphatic rings. The van der Waals surface area contributed by atoms with Crippen LogP contribution in [0.25, 0.3) is 0 Å². The van der Waals surface area contributed by atoms with Gasteiger partial charge in [-0.2, -0.15) is 4.37 Å². The number of amides is 1. The van der Waals surface area contributed by atoms with E-state index < -0.39 is 0 Å². The Kier molecular flexibility index (Phi) is 6.63. The van der Waals surface area contributed by atoms with Crippen molar-refractivity contribution in [2.75, 3.05) is 16.8 Å². The number of anilines is 3. The van der Waals surface area contributed by atoms with Crippen LogP contribution in [-0.4, -0.2) is 49.6 Å². The summed E-state index contributed by atoms with van der Waals surface area (Å²) in [4.78, 5) is 35.9. The Bertz CT molecular complexity index is 1400. The normalized spacial score (nSPS) is 15.3. The van der Waals surface area contributed by atoms with Crippen LogP contribution in [0.5, 0.6) is 5.88 Å². The molecule has 192 valence electrons. The molecule has 1 atom stereocenters. The van der Waals surface area contributed by atoms with Crippen molar-refractivity contribution >= 4 is 45.6 Å². The summed E-state index contributed by atoms with van der Waals surface area (Å²) >= 11 is 1.03. The van der Waals surface area contributed by atoms with Gasteiger partial charge in [-0.05, 0) is 81.2 Å². The molecule has 0 saturated heterocycles. The van der Waals surface area contributed by atoms with Crippen LogP contribution in [0.15, 0.2) is 24.3 Å². The Morgan fingerprint density at radius 1 is 1.30 bits per heavy atom. The predicted molar refractivity (Wildman–Crippen MR) is 142 cm³/mol. The van der Waals surface area contributed by atoms with Gasteiger partial charge in [0.05, 0.1) is 11.4 Å². The van der Waals surface area contributed by atoms with Gasteiger partial charge in [-0.1, -0.05) is 6.07 Å². The zero-order chi connectivity index (χ0) is 26.3. The van der Waals surface area contributed by atoms with Gasteiger partial charge in [-0.15, -0.1) is 0 Å². The second-order valence-electron chi connectivity index (χ2n) is 9.67. The number of fused-ring (bicyclic) bond motifs is 1. The topological polar surface area (TPSA) is 144 Å². The van der Waals surface area contributed by atoms with E-state index in [0.717, 1.165) is 41.3 Å². The molecule has 1 aliphatic carbocycles. The summed E-state index contributed by atoms with van der Waals surface area (Å²) in [6.07, 6.45) is 3.19. The fourth-order valence-electron chi connectivity index (χ4n) is 4.68. The Morgan fingerprint density at radius 3 is 2.81 bits per heavy atom. The lowest BCUT2D eigenvalue weighted by Crippen LogP contribution is -2.34. The molecule has 1 unspecified atom stereocenters. The third kappa shape index (κ3) is 5.17. The molecule has 3 aromatic heterocycles. The largest absolute Gasteiger partial charge is 0.492 e. The first-order chi connectivity index (χ1) is 17.7. The molecule has 1 amide bonds. The minimum Gasteiger partial charge on any atom is -0.492 e. The van der Waals surface area contributed by atoms with E-state index in [-0.39, 0.29) is 47.1 Å². The van der Waals surface area contributed by atoms with E-state index in [0.29, 0.717) is 35.4 Å². The number of pyridine rings is 2. The van der Waals surface area contributed by atoms with Gasteiger partial charge in [-0.3, -0.25) is 20.0 Å². The maximum atomic E-state index is 13.5. The number of nitrogens with one attached hydrogen (secondary N) is 3. The monoisotopic (exact) mass is 519 g/mol. The van der Waals surface area contributed by atoms with Crippen LogP contribution < -0.4 is 15.5 Å². The summed E-state index contributed by atoms with van der Waals surface area (Å²) in [7, 11) is 0. The lowest BCUT2D eigenvalue weighted by molar-refractivity contribution is -0.116. The number of hydrogen-bond acceptors (Lipinski definition) is 9. The first kappa shape index (κ1) is 24.8. The molecular weight excluding hydrogens is 490 g/mol. The minimum atomic E-state index is -0.248. The highest BCUT2D eigenvalue weighted by molar-refractivity contribution is 7.11. The van der Waals surface area contributed by atoms with Crippen LogP contribution >= 0.6 is 11.5 Å². The summed E-state index contributed by atoms with van der Waals surface area (Å²) in [5.41, 5.74) is 3.80. The second-order valence-corrected chi connectivity index (χ2v) is 10.4. The van der Waals surface area contributed by atoms with E-state index in [2.05, 4.69) is 25.0 Å². The average molecular weight is 520 g/mol. The van der Waals surface area contributed by atoms with Gasteiger partial charge in [0.15, 0.2) is 0 Å². The number of aromatic nitrogens is 3. The zero-order valence-corrected chi connectivity index (χ0v) is 21.8. The van der Waals surface area contributed by atoms with Gasteiger partial charge >= 0.3 is 0 Å². The number of nitrogens with zero attached hydrogens (tertiary/aromatic N) is 4. The molecule has 0 radical (unpaired) electrons. The minimum absolute atomic E-state index is 0.0157. The molecule has 4 heterocycles. The number of hydrogen-bond donors (Lipinski definition) is 4. The van der Waals surface area contributed by atoms with Gasteiger partial charge in [0.25, 0.3) is 5.91 Å². The van der Waals surface area contributed by atoms with Crippen LogP contribution in [0.2, 0.25) is 0 Å².